The Labute approximate surface area is 136 Å². The van der Waals surface area contributed by atoms with Crippen molar-refractivity contribution in [1.29, 1.82) is 0 Å². The van der Waals surface area contributed by atoms with Gasteiger partial charge in [-0.05, 0) is 0 Å². The fourth-order valence-corrected chi connectivity index (χ4v) is 3.51. The second-order valence-corrected chi connectivity index (χ2v) is 5.87. The van der Waals surface area contributed by atoms with Gasteiger partial charge in [0.15, 0.2) is 0 Å². The first-order valence-electron chi connectivity index (χ1n) is 7.63. The Morgan fingerprint density at radius 2 is 0.727 bits per heavy atom. The summed E-state index contributed by atoms with van der Waals surface area (Å²) in [5.41, 5.74) is 0. The first-order valence-corrected chi connectivity index (χ1v) is 7.63. The van der Waals surface area contributed by atoms with Crippen molar-refractivity contribution < 1.29 is 0 Å². The molecule has 0 bridgehead atoms. The van der Waals surface area contributed by atoms with E-state index in [1.165, 1.54) is 41.8 Å². The van der Waals surface area contributed by atoms with Gasteiger partial charge in [-0.25, -0.2) is 0 Å². The van der Waals surface area contributed by atoms with Crippen molar-refractivity contribution in [2.45, 2.75) is 0 Å². The molecule has 0 amide bonds. The van der Waals surface area contributed by atoms with Crippen molar-refractivity contribution >= 4 is 137 Å². The molecule has 0 aliphatic carbocycles. The maximum absolute atomic E-state index is 2.33. The molecule has 0 aliphatic heterocycles. The van der Waals surface area contributed by atoms with Gasteiger partial charge in [-0.2, -0.15) is 0 Å². The summed E-state index contributed by atoms with van der Waals surface area (Å²) in [5.74, 6) is 0. The summed E-state index contributed by atoms with van der Waals surface area (Å²) in [6, 6.07) is 0. The van der Waals surface area contributed by atoms with Gasteiger partial charge in [0.1, 0.15) is 0 Å². The van der Waals surface area contributed by atoms with Crippen molar-refractivity contribution in [2.75, 3.05) is 0 Å². The number of fused-ring (bicyclic) bond motifs is 6. The Bertz CT molecular complexity index is 1090. The molecule has 5 heterocycles. The summed E-state index contributed by atoms with van der Waals surface area (Å²) < 4.78 is 0. The summed E-state index contributed by atoms with van der Waals surface area (Å²) in [7, 11) is 0. The Morgan fingerprint density at radius 1 is 0.318 bits per heavy atom. The Hall–Kier alpha value is -0.131. The van der Waals surface area contributed by atoms with Gasteiger partial charge in [0.05, 0.1) is 0 Å². The van der Waals surface area contributed by atoms with Crippen LogP contribution in [0.1, 0.15) is 0 Å². The molecule has 0 spiro atoms. The van der Waals surface area contributed by atoms with E-state index in [2.05, 4.69) is 94.9 Å². The topological polar surface area (TPSA) is 0 Å². The zero-order valence-electron chi connectivity index (χ0n) is 12.1. The molecule has 74 valence electrons. The standard InChI is InChI=1S/C8B14/c9-1-3-7(17-21-19-11-3)15-13-5(1)10-2-4-8(16-14-6(2)9)18-22-20-12-4. The van der Waals surface area contributed by atoms with Gasteiger partial charge >= 0.3 is 137 Å². The molecular weight excluding hydrogens is 247 g/mol. The van der Waals surface area contributed by atoms with Crippen LogP contribution in [-0.2, 0) is 0 Å². The predicted octanol–water partition coefficient (Wildman–Crippen LogP) is -2.97. The van der Waals surface area contributed by atoms with Crippen LogP contribution in [0.15, 0.2) is 0 Å². The molecule has 14 heteroatoms. The number of rotatable bonds is 0. The van der Waals surface area contributed by atoms with E-state index >= 15 is 0 Å². The summed E-state index contributed by atoms with van der Waals surface area (Å²) in [6.45, 7) is 30.8. The molecule has 5 aromatic rings. The number of hydrogen-bond donors (Lipinski definition) is 0. The first kappa shape index (κ1) is 14.2. The number of hydrogen-bond acceptors (Lipinski definition) is 0. The van der Waals surface area contributed by atoms with E-state index in [1.54, 1.807) is 0 Å². The van der Waals surface area contributed by atoms with Crippen molar-refractivity contribution in [3.63, 3.8) is 0 Å². The van der Waals surface area contributed by atoms with Crippen LogP contribution in [0, 0.1) is 0 Å². The van der Waals surface area contributed by atoms with Crippen LogP contribution in [0.4, 0.5) is 0 Å². The summed E-state index contributed by atoms with van der Waals surface area (Å²) in [5, 5.41) is 10.5. The molecule has 0 aliphatic rings. The molecule has 0 radical (unpaired) electrons. The first-order chi connectivity index (χ1) is 10.9. The Kier molecular flexibility index (Phi) is 3.72. The van der Waals surface area contributed by atoms with E-state index in [0.29, 0.717) is 0 Å². The normalized spacial score (nSPS) is 9.09. The van der Waals surface area contributed by atoms with E-state index in [9.17, 15) is 0 Å². The van der Waals surface area contributed by atoms with Crippen LogP contribution in [0.2, 0.25) is 0 Å². The Balaban J connectivity index is 2.02. The molecule has 0 saturated carbocycles. The van der Waals surface area contributed by atoms with Gasteiger partial charge in [-0.1, -0.05) is 0 Å². The SMILES string of the molecule is b1bbc2c(b1)bbc1bc3c(bbc4bbbbc43)bc12. The molecule has 0 unspecified atom stereocenters. The van der Waals surface area contributed by atoms with E-state index in [0.717, 1.165) is 0 Å². The molecule has 5 aromatic heterocycles. The quantitative estimate of drug-likeness (QED) is 0.203. The fourth-order valence-electron chi connectivity index (χ4n) is 3.51. The van der Waals surface area contributed by atoms with Crippen LogP contribution in [0.25, 0.3) is 41.8 Å². The summed E-state index contributed by atoms with van der Waals surface area (Å²) in [4.78, 5) is 0. The van der Waals surface area contributed by atoms with Gasteiger partial charge in [0, 0.05) is 0 Å². The molecule has 5 rings (SSSR count). The van der Waals surface area contributed by atoms with Crippen LogP contribution >= 0.6 is 0 Å². The Morgan fingerprint density at radius 3 is 1.23 bits per heavy atom. The molecule has 0 saturated heterocycles. The van der Waals surface area contributed by atoms with E-state index in [-0.39, 0.29) is 0 Å². The van der Waals surface area contributed by atoms with Gasteiger partial charge in [-0.3, -0.25) is 0 Å². The molecule has 22 heavy (non-hydrogen) atoms. The zero-order valence-corrected chi connectivity index (χ0v) is 12.1. The molecular formula is C8B14. The van der Waals surface area contributed by atoms with Crippen LogP contribution in [-0.4, -0.2) is 94.9 Å². The second kappa shape index (κ2) is 5.74. The van der Waals surface area contributed by atoms with Gasteiger partial charge in [0.25, 0.3) is 0 Å². The molecule has 0 aromatic carbocycles. The van der Waals surface area contributed by atoms with Gasteiger partial charge < -0.3 is 0 Å². The van der Waals surface area contributed by atoms with Crippen LogP contribution in [0.5, 0.6) is 0 Å². The van der Waals surface area contributed by atoms with E-state index in [1.807, 2.05) is 0 Å². The van der Waals surface area contributed by atoms with E-state index < -0.39 is 0 Å². The van der Waals surface area contributed by atoms with Crippen molar-refractivity contribution in [3.8, 4) is 0 Å². The summed E-state index contributed by atoms with van der Waals surface area (Å²) >= 11 is 0. The van der Waals surface area contributed by atoms with Crippen molar-refractivity contribution in [2.24, 2.45) is 0 Å². The maximum atomic E-state index is 2.33. The monoisotopic (exact) mass is 250 g/mol. The predicted molar refractivity (Wildman–Crippen MR) is 115 cm³/mol. The third-order valence-electron chi connectivity index (χ3n) is 4.61. The van der Waals surface area contributed by atoms with E-state index in [4.69, 9.17) is 0 Å². The van der Waals surface area contributed by atoms with Crippen molar-refractivity contribution in [3.05, 3.63) is 0 Å². The van der Waals surface area contributed by atoms with Crippen LogP contribution < -0.4 is 0 Å². The summed E-state index contributed by atoms with van der Waals surface area (Å²) in [6.07, 6.45) is 0. The zero-order chi connectivity index (χ0) is 14.5. The third-order valence-corrected chi connectivity index (χ3v) is 4.61. The van der Waals surface area contributed by atoms with Gasteiger partial charge in [0.2, 0.25) is 0 Å². The van der Waals surface area contributed by atoms with Crippen molar-refractivity contribution in [1.82, 2.24) is 0 Å². The second-order valence-electron chi connectivity index (χ2n) is 5.87. The van der Waals surface area contributed by atoms with Crippen LogP contribution in [0.3, 0.4) is 0 Å². The average Bonchev–Trinajstić information content (AvgIpc) is 2.60. The minimum absolute atomic E-state index is 1.30. The third kappa shape index (κ3) is 2.27. The minimum atomic E-state index is 1.30. The molecule has 0 atom stereocenters. The molecule has 0 fully saturated rings. The molecule has 0 N–H and O–H groups in total. The average molecular weight is 247 g/mol. The fraction of sp³-hybridized carbons (Fsp3) is 0. The molecule has 0 nitrogen and oxygen atoms in total. The van der Waals surface area contributed by atoms with Gasteiger partial charge in [-0.15, -0.1) is 0 Å².